The molecule has 8 heavy (non-hydrogen) atoms. The zero-order chi connectivity index (χ0) is 5.40. The summed E-state index contributed by atoms with van der Waals surface area (Å²) >= 11 is 0. The van der Waals surface area contributed by atoms with Crippen LogP contribution in [0.1, 0.15) is 25.7 Å². The lowest BCUT2D eigenvalue weighted by Crippen LogP contribution is -2.39. The SMILES string of the molecule is C1CC2CCC1C[N]2. The molecular weight excluding hydrogens is 98.1 g/mol. The molecule has 3 fully saturated rings. The van der Waals surface area contributed by atoms with Gasteiger partial charge >= 0.3 is 0 Å². The van der Waals surface area contributed by atoms with E-state index in [1.165, 1.54) is 32.2 Å². The molecule has 1 saturated carbocycles. The van der Waals surface area contributed by atoms with Gasteiger partial charge in [-0.2, -0.15) is 0 Å². The van der Waals surface area contributed by atoms with Crippen molar-refractivity contribution in [1.82, 2.24) is 5.32 Å². The topological polar surface area (TPSA) is 14.1 Å². The molecule has 3 rings (SSSR count). The molecule has 45 valence electrons. The molecule has 1 heteroatoms. The van der Waals surface area contributed by atoms with Crippen molar-refractivity contribution >= 4 is 0 Å². The van der Waals surface area contributed by atoms with E-state index in [9.17, 15) is 0 Å². The fourth-order valence-electron chi connectivity index (χ4n) is 1.81. The second kappa shape index (κ2) is 1.73. The summed E-state index contributed by atoms with van der Waals surface area (Å²) in [5.74, 6) is 0.986. The maximum absolute atomic E-state index is 4.50. The fourth-order valence-corrected chi connectivity index (χ4v) is 1.81. The van der Waals surface area contributed by atoms with Gasteiger partial charge in [-0.3, -0.25) is 0 Å². The summed E-state index contributed by atoms with van der Waals surface area (Å²) in [4.78, 5) is 0. The van der Waals surface area contributed by atoms with E-state index >= 15 is 0 Å². The maximum atomic E-state index is 4.50. The van der Waals surface area contributed by atoms with Crippen LogP contribution < -0.4 is 5.32 Å². The lowest BCUT2D eigenvalue weighted by Gasteiger charge is -2.35. The standard InChI is InChI=1S/C7H12N/c1-3-7-4-2-6(1)5-8-7/h6-7H,1-5H2. The van der Waals surface area contributed by atoms with Crippen LogP contribution in [0.25, 0.3) is 0 Å². The van der Waals surface area contributed by atoms with Gasteiger partial charge in [-0.25, -0.2) is 5.32 Å². The molecule has 1 aliphatic carbocycles. The van der Waals surface area contributed by atoms with E-state index < -0.39 is 0 Å². The molecule has 0 aromatic carbocycles. The minimum atomic E-state index is 0.778. The average Bonchev–Trinajstić information content (AvgIpc) is 1.92. The van der Waals surface area contributed by atoms with Crippen LogP contribution in [-0.4, -0.2) is 12.6 Å². The molecule has 2 bridgehead atoms. The first-order valence-corrected chi connectivity index (χ1v) is 3.62. The summed E-state index contributed by atoms with van der Waals surface area (Å²) in [5, 5.41) is 4.50. The fraction of sp³-hybridized carbons (Fsp3) is 1.00. The molecule has 2 aliphatic heterocycles. The molecule has 0 amide bonds. The van der Waals surface area contributed by atoms with E-state index in [4.69, 9.17) is 0 Å². The third-order valence-corrected chi connectivity index (χ3v) is 2.44. The molecule has 1 nitrogen and oxygen atoms in total. The summed E-state index contributed by atoms with van der Waals surface area (Å²) in [6, 6.07) is 0.778. The van der Waals surface area contributed by atoms with Crippen LogP contribution in [0.15, 0.2) is 0 Å². The van der Waals surface area contributed by atoms with Crippen LogP contribution in [0.3, 0.4) is 0 Å². The van der Waals surface area contributed by atoms with Crippen LogP contribution in [0.2, 0.25) is 0 Å². The molecule has 2 saturated heterocycles. The summed E-state index contributed by atoms with van der Waals surface area (Å²) in [7, 11) is 0. The van der Waals surface area contributed by atoms with Crippen molar-refractivity contribution in [3.63, 3.8) is 0 Å². The van der Waals surface area contributed by atoms with Gasteiger partial charge in [0.1, 0.15) is 0 Å². The summed E-state index contributed by atoms with van der Waals surface area (Å²) in [5.41, 5.74) is 0. The van der Waals surface area contributed by atoms with Gasteiger partial charge in [0, 0.05) is 12.6 Å². The Morgan fingerprint density at radius 2 is 1.75 bits per heavy atom. The third-order valence-electron chi connectivity index (χ3n) is 2.44. The highest BCUT2D eigenvalue weighted by molar-refractivity contribution is 4.83. The molecule has 0 aromatic heterocycles. The van der Waals surface area contributed by atoms with Crippen molar-refractivity contribution in [2.75, 3.05) is 6.54 Å². The number of hydrogen-bond donors (Lipinski definition) is 0. The molecule has 0 spiro atoms. The number of fused-ring (bicyclic) bond motifs is 3. The smallest absolute Gasteiger partial charge is 0.0246 e. The Labute approximate surface area is 50.5 Å². The largest absolute Gasteiger partial charge is 0.238 e. The van der Waals surface area contributed by atoms with Crippen LogP contribution in [0.5, 0.6) is 0 Å². The first-order valence-electron chi connectivity index (χ1n) is 3.62. The van der Waals surface area contributed by atoms with Crippen LogP contribution in [-0.2, 0) is 0 Å². The quantitative estimate of drug-likeness (QED) is 0.444. The highest BCUT2D eigenvalue weighted by atomic mass is 14.9. The van der Waals surface area contributed by atoms with Crippen molar-refractivity contribution in [3.8, 4) is 0 Å². The first kappa shape index (κ1) is 4.80. The maximum Gasteiger partial charge on any atom is 0.0246 e. The monoisotopic (exact) mass is 110 g/mol. The predicted octanol–water partition coefficient (Wildman–Crippen LogP) is 1.16. The molecule has 0 aromatic rings. The van der Waals surface area contributed by atoms with E-state index in [1.54, 1.807) is 0 Å². The Bertz CT molecular complexity index is 59.4. The van der Waals surface area contributed by atoms with Gasteiger partial charge in [0.2, 0.25) is 0 Å². The number of hydrogen-bond acceptors (Lipinski definition) is 0. The van der Waals surface area contributed by atoms with Gasteiger partial charge < -0.3 is 0 Å². The van der Waals surface area contributed by atoms with E-state index in [-0.39, 0.29) is 0 Å². The minimum Gasteiger partial charge on any atom is -0.238 e. The van der Waals surface area contributed by atoms with Gasteiger partial charge in [0.25, 0.3) is 0 Å². The van der Waals surface area contributed by atoms with Crippen molar-refractivity contribution in [3.05, 3.63) is 0 Å². The number of nitrogens with zero attached hydrogens (tertiary/aromatic N) is 1. The first-order chi connectivity index (χ1) is 3.95. The Kier molecular flexibility index (Phi) is 1.04. The molecule has 3 aliphatic rings. The molecular formula is C7H12N. The number of rotatable bonds is 0. The predicted molar refractivity (Wildman–Crippen MR) is 32.7 cm³/mol. The van der Waals surface area contributed by atoms with Crippen molar-refractivity contribution < 1.29 is 0 Å². The normalized spacial score (nSPS) is 45.0. The Morgan fingerprint density at radius 1 is 1.00 bits per heavy atom. The van der Waals surface area contributed by atoms with E-state index in [1.807, 2.05) is 0 Å². The molecule has 1 radical (unpaired) electrons. The van der Waals surface area contributed by atoms with Gasteiger partial charge in [0.05, 0.1) is 0 Å². The van der Waals surface area contributed by atoms with Gasteiger partial charge in [-0.05, 0) is 31.6 Å². The molecule has 2 heterocycles. The van der Waals surface area contributed by atoms with E-state index in [2.05, 4.69) is 5.32 Å². The van der Waals surface area contributed by atoms with E-state index in [0.717, 1.165) is 12.0 Å². The van der Waals surface area contributed by atoms with Crippen molar-refractivity contribution in [1.29, 1.82) is 0 Å². The Balaban J connectivity index is 2.03. The van der Waals surface area contributed by atoms with Crippen LogP contribution in [0, 0.1) is 5.92 Å². The van der Waals surface area contributed by atoms with Gasteiger partial charge in [-0.1, -0.05) is 0 Å². The highest BCUT2D eigenvalue weighted by Gasteiger charge is 2.27. The van der Waals surface area contributed by atoms with Gasteiger partial charge in [-0.15, -0.1) is 0 Å². The Morgan fingerprint density at radius 3 is 1.88 bits per heavy atom. The molecule has 0 atom stereocenters. The van der Waals surface area contributed by atoms with Crippen LogP contribution >= 0.6 is 0 Å². The summed E-state index contributed by atoms with van der Waals surface area (Å²) < 4.78 is 0. The zero-order valence-corrected chi connectivity index (χ0v) is 5.14. The number of piperidine rings is 2. The molecule has 0 unspecified atom stereocenters. The van der Waals surface area contributed by atoms with Crippen LogP contribution in [0.4, 0.5) is 0 Å². The zero-order valence-electron chi connectivity index (χ0n) is 5.14. The summed E-state index contributed by atoms with van der Waals surface area (Å²) in [6.45, 7) is 1.19. The lowest BCUT2D eigenvalue weighted by atomic mass is 9.82. The summed E-state index contributed by atoms with van der Waals surface area (Å²) in [6.07, 6.45) is 5.72. The Hall–Kier alpha value is -0.0400. The second-order valence-corrected chi connectivity index (χ2v) is 3.04. The van der Waals surface area contributed by atoms with Gasteiger partial charge in [0.15, 0.2) is 0 Å². The lowest BCUT2D eigenvalue weighted by molar-refractivity contribution is 0.208. The molecule has 0 N–H and O–H groups in total. The minimum absolute atomic E-state index is 0.778. The third kappa shape index (κ3) is 0.655. The van der Waals surface area contributed by atoms with E-state index in [0.29, 0.717) is 0 Å². The van der Waals surface area contributed by atoms with Crippen molar-refractivity contribution in [2.24, 2.45) is 5.92 Å². The van der Waals surface area contributed by atoms with Crippen molar-refractivity contribution in [2.45, 2.75) is 31.7 Å². The average molecular weight is 110 g/mol. The highest BCUT2D eigenvalue weighted by Crippen LogP contribution is 2.29. The second-order valence-electron chi connectivity index (χ2n) is 3.04.